The number of carbonyl (C=O) groups excluding carboxylic acids is 1. The van der Waals surface area contributed by atoms with E-state index in [2.05, 4.69) is 0 Å². The number of phenols is 2. The van der Waals surface area contributed by atoms with Gasteiger partial charge < -0.3 is 19.5 Å². The summed E-state index contributed by atoms with van der Waals surface area (Å²) in [6.07, 6.45) is 0. The van der Waals surface area contributed by atoms with E-state index in [0.717, 1.165) is 16.8 Å². The van der Waals surface area contributed by atoms with Crippen LogP contribution in [0.1, 0.15) is 21.7 Å². The fourth-order valence-electron chi connectivity index (χ4n) is 2.92. The molecule has 5 nitrogen and oxygen atoms in total. The molecule has 128 valence electrons. The average Bonchev–Trinajstić information content (AvgIpc) is 3.05. The summed E-state index contributed by atoms with van der Waals surface area (Å²) in [5.41, 5.74) is 3.15. The van der Waals surface area contributed by atoms with Crippen LogP contribution in [0.5, 0.6) is 11.5 Å². The van der Waals surface area contributed by atoms with E-state index in [4.69, 9.17) is 4.42 Å². The van der Waals surface area contributed by atoms with Crippen LogP contribution in [0, 0.1) is 13.8 Å². The molecule has 0 radical (unpaired) electrons. The number of rotatable bonds is 3. The highest BCUT2D eigenvalue weighted by Crippen LogP contribution is 2.34. The van der Waals surface area contributed by atoms with Gasteiger partial charge in [-0.2, -0.15) is 0 Å². The molecule has 0 aliphatic carbocycles. The minimum Gasteiger partial charge on any atom is -0.508 e. The second-order valence-corrected chi connectivity index (χ2v) is 5.97. The lowest BCUT2D eigenvalue weighted by Crippen LogP contribution is -2.27. The molecule has 3 rings (SSSR count). The fraction of sp³-hybridized carbons (Fsp3) is 0.150. The molecule has 0 saturated heterocycles. The molecule has 0 fully saturated rings. The topological polar surface area (TPSA) is 73.9 Å². The van der Waals surface area contributed by atoms with E-state index in [1.807, 2.05) is 32.0 Å². The number of phenolic OH excluding ortho intramolecular Hbond substituents is 2. The van der Waals surface area contributed by atoms with E-state index < -0.39 is 0 Å². The molecular weight excluding hydrogens is 318 g/mol. The monoisotopic (exact) mass is 337 g/mol. The third-order valence-electron chi connectivity index (χ3n) is 4.14. The molecule has 0 bridgehead atoms. The van der Waals surface area contributed by atoms with Gasteiger partial charge in [-0.05, 0) is 55.3 Å². The summed E-state index contributed by atoms with van der Waals surface area (Å²) in [5, 5.41) is 19.5. The molecule has 2 N–H and O–H groups in total. The Morgan fingerprint density at radius 2 is 1.68 bits per heavy atom. The summed E-state index contributed by atoms with van der Waals surface area (Å²) in [5.74, 6) is 0.150. The summed E-state index contributed by atoms with van der Waals surface area (Å²) in [6.45, 7) is 3.90. The number of furan rings is 1. The maximum atomic E-state index is 12.8. The summed E-state index contributed by atoms with van der Waals surface area (Å²) >= 11 is 0. The van der Waals surface area contributed by atoms with E-state index in [1.165, 1.54) is 18.2 Å². The molecule has 1 aromatic heterocycles. The van der Waals surface area contributed by atoms with Gasteiger partial charge in [0.05, 0.1) is 5.56 Å². The number of aromatic hydroxyl groups is 2. The van der Waals surface area contributed by atoms with Crippen molar-refractivity contribution in [2.75, 3.05) is 11.9 Å². The number of para-hydroxylation sites is 1. The third kappa shape index (κ3) is 3.08. The zero-order valence-corrected chi connectivity index (χ0v) is 14.3. The van der Waals surface area contributed by atoms with Crippen molar-refractivity contribution in [1.82, 2.24) is 0 Å². The lowest BCUT2D eigenvalue weighted by atomic mass is 10.1. The van der Waals surface area contributed by atoms with Gasteiger partial charge in [-0.1, -0.05) is 18.2 Å². The first-order valence-electron chi connectivity index (χ1n) is 7.85. The summed E-state index contributed by atoms with van der Waals surface area (Å²) < 4.78 is 5.63. The number of amides is 1. The van der Waals surface area contributed by atoms with Crippen LogP contribution in [0.25, 0.3) is 11.3 Å². The SMILES string of the molecule is Cc1cccc(C)c1N(C)C(=O)c1ccc(-c2cc(O)ccc2O)o1. The lowest BCUT2D eigenvalue weighted by Gasteiger charge is -2.20. The second-order valence-electron chi connectivity index (χ2n) is 5.97. The summed E-state index contributed by atoms with van der Waals surface area (Å²) in [7, 11) is 1.70. The number of benzene rings is 2. The number of aryl methyl sites for hydroxylation is 2. The predicted octanol–water partition coefficient (Wildman–Crippen LogP) is 4.25. The minimum absolute atomic E-state index is 0.00438. The van der Waals surface area contributed by atoms with Crippen molar-refractivity contribution in [3.05, 3.63) is 65.4 Å². The van der Waals surface area contributed by atoms with E-state index in [9.17, 15) is 15.0 Å². The van der Waals surface area contributed by atoms with Gasteiger partial charge in [-0.25, -0.2) is 0 Å². The highest BCUT2D eigenvalue weighted by molar-refractivity contribution is 6.05. The van der Waals surface area contributed by atoms with E-state index in [1.54, 1.807) is 24.1 Å². The van der Waals surface area contributed by atoms with E-state index >= 15 is 0 Å². The molecule has 0 atom stereocenters. The van der Waals surface area contributed by atoms with Crippen molar-refractivity contribution in [2.24, 2.45) is 0 Å². The van der Waals surface area contributed by atoms with Crippen LogP contribution in [0.15, 0.2) is 52.9 Å². The Labute approximate surface area is 145 Å². The highest BCUT2D eigenvalue weighted by Gasteiger charge is 2.21. The molecule has 2 aromatic carbocycles. The Hall–Kier alpha value is -3.21. The number of hydrogen-bond acceptors (Lipinski definition) is 4. The quantitative estimate of drug-likeness (QED) is 0.701. The molecule has 25 heavy (non-hydrogen) atoms. The molecule has 1 heterocycles. The maximum Gasteiger partial charge on any atom is 0.293 e. The summed E-state index contributed by atoms with van der Waals surface area (Å²) in [6, 6.07) is 13.1. The average molecular weight is 337 g/mol. The number of nitrogens with zero attached hydrogens (tertiary/aromatic N) is 1. The first-order valence-corrected chi connectivity index (χ1v) is 7.85. The van der Waals surface area contributed by atoms with Crippen molar-refractivity contribution in [2.45, 2.75) is 13.8 Å². The van der Waals surface area contributed by atoms with Gasteiger partial charge in [-0.3, -0.25) is 4.79 Å². The largest absolute Gasteiger partial charge is 0.508 e. The zero-order valence-electron chi connectivity index (χ0n) is 14.3. The summed E-state index contributed by atoms with van der Waals surface area (Å²) in [4.78, 5) is 14.3. The molecule has 3 aromatic rings. The normalized spacial score (nSPS) is 10.7. The van der Waals surface area contributed by atoms with Crippen LogP contribution >= 0.6 is 0 Å². The van der Waals surface area contributed by atoms with Crippen LogP contribution in [0.3, 0.4) is 0 Å². The lowest BCUT2D eigenvalue weighted by molar-refractivity contribution is 0.0967. The zero-order chi connectivity index (χ0) is 18.1. The smallest absolute Gasteiger partial charge is 0.293 e. The van der Waals surface area contributed by atoms with Crippen molar-refractivity contribution < 1.29 is 19.4 Å². The Morgan fingerprint density at radius 3 is 2.36 bits per heavy atom. The molecule has 0 unspecified atom stereocenters. The number of hydrogen-bond donors (Lipinski definition) is 2. The first kappa shape index (κ1) is 16.6. The van der Waals surface area contributed by atoms with E-state index in [0.29, 0.717) is 11.3 Å². The predicted molar refractivity (Wildman–Crippen MR) is 96.1 cm³/mol. The van der Waals surface area contributed by atoms with Gasteiger partial charge in [0, 0.05) is 12.7 Å². The van der Waals surface area contributed by atoms with Crippen molar-refractivity contribution in [3.8, 4) is 22.8 Å². The molecule has 0 aliphatic rings. The Bertz CT molecular complexity index is 922. The van der Waals surface area contributed by atoms with Gasteiger partial charge in [0.25, 0.3) is 5.91 Å². The molecule has 0 aliphatic heterocycles. The van der Waals surface area contributed by atoms with Crippen LogP contribution in [-0.2, 0) is 0 Å². The van der Waals surface area contributed by atoms with Crippen LogP contribution in [0.4, 0.5) is 5.69 Å². The highest BCUT2D eigenvalue weighted by atomic mass is 16.4. The van der Waals surface area contributed by atoms with Crippen LogP contribution < -0.4 is 4.90 Å². The van der Waals surface area contributed by atoms with Gasteiger partial charge >= 0.3 is 0 Å². The number of anilines is 1. The van der Waals surface area contributed by atoms with Gasteiger partial charge in [0.1, 0.15) is 17.3 Å². The molecule has 0 saturated carbocycles. The maximum absolute atomic E-state index is 12.8. The molecule has 1 amide bonds. The van der Waals surface area contributed by atoms with Crippen LogP contribution in [0.2, 0.25) is 0 Å². The van der Waals surface area contributed by atoms with E-state index in [-0.39, 0.29) is 23.2 Å². The minimum atomic E-state index is -0.289. The molecule has 0 spiro atoms. The van der Waals surface area contributed by atoms with Crippen molar-refractivity contribution in [1.29, 1.82) is 0 Å². The number of carbonyl (C=O) groups is 1. The van der Waals surface area contributed by atoms with Gasteiger partial charge in [0.15, 0.2) is 5.76 Å². The van der Waals surface area contributed by atoms with Crippen molar-refractivity contribution in [3.63, 3.8) is 0 Å². The first-order chi connectivity index (χ1) is 11.9. The van der Waals surface area contributed by atoms with Gasteiger partial charge in [0.2, 0.25) is 0 Å². The fourth-order valence-corrected chi connectivity index (χ4v) is 2.92. The van der Waals surface area contributed by atoms with Crippen molar-refractivity contribution >= 4 is 11.6 Å². The Morgan fingerprint density at radius 1 is 1.00 bits per heavy atom. The second kappa shape index (κ2) is 6.36. The molecule has 5 heteroatoms. The standard InChI is InChI=1S/C20H19NO4/c1-12-5-4-6-13(2)19(12)21(3)20(24)18-10-9-17(25-18)15-11-14(22)7-8-16(15)23/h4-11,22-23H,1-3H3. The Kier molecular flexibility index (Phi) is 4.23. The Balaban J connectivity index is 1.94. The molecular formula is C20H19NO4. The third-order valence-corrected chi connectivity index (χ3v) is 4.14. The van der Waals surface area contributed by atoms with Gasteiger partial charge in [-0.15, -0.1) is 0 Å². The van der Waals surface area contributed by atoms with Crippen LogP contribution in [-0.4, -0.2) is 23.2 Å².